The number of rotatable bonds is 5. The Hall–Kier alpha value is -1.52. The molecule has 0 heterocycles. The van der Waals surface area contributed by atoms with Crippen molar-refractivity contribution in [3.8, 4) is 0 Å². The van der Waals surface area contributed by atoms with Crippen molar-refractivity contribution in [2.24, 2.45) is 0 Å². The predicted molar refractivity (Wildman–Crippen MR) is 72.3 cm³/mol. The first-order chi connectivity index (χ1) is 9.46. The lowest BCUT2D eigenvalue weighted by molar-refractivity contribution is -0.198. The monoisotopic (exact) mass is 327 g/mol. The zero-order valence-electron chi connectivity index (χ0n) is 11.3. The van der Waals surface area contributed by atoms with E-state index in [1.807, 2.05) is 0 Å². The summed E-state index contributed by atoms with van der Waals surface area (Å²) in [5.74, 6) is 0. The molecule has 0 spiro atoms. The van der Waals surface area contributed by atoms with Crippen LogP contribution in [0, 0.1) is 0 Å². The van der Waals surface area contributed by atoms with E-state index >= 15 is 0 Å². The van der Waals surface area contributed by atoms with Crippen LogP contribution in [0.1, 0.15) is 0 Å². The lowest BCUT2D eigenvalue weighted by atomic mass is 10.2. The quantitative estimate of drug-likeness (QED) is 0.697. The standard InChI is InChI=1S/C11H16F3N3O3S/c1-17(2)21(19,20)7-3-4-8(15)9(5-7)16-6-10(18)11(12,13)14/h3-5,10,16,18H,6,15H2,1-2H3. The third kappa shape index (κ3) is 4.22. The average molecular weight is 327 g/mol. The van der Waals surface area contributed by atoms with Crippen molar-refractivity contribution < 1.29 is 26.7 Å². The van der Waals surface area contributed by atoms with Gasteiger partial charge in [-0.1, -0.05) is 0 Å². The fourth-order valence-electron chi connectivity index (χ4n) is 1.38. The van der Waals surface area contributed by atoms with E-state index in [2.05, 4.69) is 5.32 Å². The van der Waals surface area contributed by atoms with Gasteiger partial charge in [0.1, 0.15) is 0 Å². The molecule has 0 saturated heterocycles. The third-order valence-electron chi connectivity index (χ3n) is 2.67. The number of nitrogens with two attached hydrogens (primary N) is 1. The number of nitrogen functional groups attached to an aromatic ring is 1. The number of sulfonamides is 1. The molecular formula is C11H16F3N3O3S. The SMILES string of the molecule is CN(C)S(=O)(=O)c1ccc(N)c(NCC(O)C(F)(F)F)c1. The molecule has 1 atom stereocenters. The lowest BCUT2D eigenvalue weighted by Crippen LogP contribution is -2.35. The van der Waals surface area contributed by atoms with Gasteiger partial charge in [-0.2, -0.15) is 13.2 Å². The molecular weight excluding hydrogens is 311 g/mol. The zero-order valence-corrected chi connectivity index (χ0v) is 12.2. The first-order valence-corrected chi connectivity index (χ1v) is 7.21. The number of aliphatic hydroxyl groups is 1. The van der Waals surface area contributed by atoms with Crippen LogP contribution in [0.25, 0.3) is 0 Å². The van der Waals surface area contributed by atoms with E-state index in [9.17, 15) is 21.6 Å². The molecule has 0 aliphatic carbocycles. The van der Waals surface area contributed by atoms with Gasteiger partial charge in [0.15, 0.2) is 6.10 Å². The number of hydrogen-bond donors (Lipinski definition) is 3. The Labute approximate surface area is 120 Å². The van der Waals surface area contributed by atoms with Crippen LogP contribution in [0.15, 0.2) is 23.1 Å². The van der Waals surface area contributed by atoms with Crippen LogP contribution in [0.3, 0.4) is 0 Å². The number of alkyl halides is 3. The zero-order chi connectivity index (χ0) is 16.4. The molecule has 0 aliphatic heterocycles. The Morgan fingerprint density at radius 1 is 1.38 bits per heavy atom. The number of benzene rings is 1. The fraction of sp³-hybridized carbons (Fsp3) is 0.455. The summed E-state index contributed by atoms with van der Waals surface area (Å²) in [6.07, 6.45) is -7.35. The normalized spacial score (nSPS) is 14.2. The highest BCUT2D eigenvalue weighted by Gasteiger charge is 2.37. The minimum atomic E-state index is -4.77. The molecule has 1 rings (SSSR count). The van der Waals surface area contributed by atoms with Gasteiger partial charge >= 0.3 is 6.18 Å². The second-order valence-electron chi connectivity index (χ2n) is 4.47. The molecule has 120 valence electrons. The van der Waals surface area contributed by atoms with E-state index < -0.39 is 28.8 Å². The Morgan fingerprint density at radius 2 is 1.95 bits per heavy atom. The highest BCUT2D eigenvalue weighted by atomic mass is 32.2. The van der Waals surface area contributed by atoms with Crippen LogP contribution in [0.4, 0.5) is 24.5 Å². The molecule has 10 heteroatoms. The van der Waals surface area contributed by atoms with E-state index in [4.69, 9.17) is 10.8 Å². The van der Waals surface area contributed by atoms with E-state index in [-0.39, 0.29) is 16.3 Å². The highest BCUT2D eigenvalue weighted by molar-refractivity contribution is 7.89. The van der Waals surface area contributed by atoms with Crippen LogP contribution in [-0.2, 0) is 10.0 Å². The number of hydrogen-bond acceptors (Lipinski definition) is 5. The molecule has 0 fully saturated rings. The van der Waals surface area contributed by atoms with Gasteiger partial charge in [-0.3, -0.25) is 0 Å². The Bertz CT molecular complexity index is 602. The predicted octanol–water partition coefficient (Wildman–Crippen LogP) is 0.854. The molecule has 0 aliphatic rings. The molecule has 0 amide bonds. The van der Waals surface area contributed by atoms with Gasteiger partial charge < -0.3 is 16.2 Å². The van der Waals surface area contributed by atoms with Gasteiger partial charge in [-0.15, -0.1) is 0 Å². The summed E-state index contributed by atoms with van der Waals surface area (Å²) in [6, 6.07) is 3.63. The number of anilines is 2. The van der Waals surface area contributed by atoms with E-state index in [0.717, 1.165) is 10.4 Å². The number of aliphatic hydroxyl groups excluding tert-OH is 1. The first-order valence-electron chi connectivity index (χ1n) is 5.77. The minimum absolute atomic E-state index is 0.00113. The maximum absolute atomic E-state index is 12.2. The summed E-state index contributed by atoms with van der Waals surface area (Å²) >= 11 is 0. The molecule has 4 N–H and O–H groups in total. The van der Waals surface area contributed by atoms with Crippen molar-refractivity contribution in [2.45, 2.75) is 17.2 Å². The fourth-order valence-corrected chi connectivity index (χ4v) is 2.31. The van der Waals surface area contributed by atoms with Gasteiger partial charge in [-0.05, 0) is 18.2 Å². The molecule has 6 nitrogen and oxygen atoms in total. The minimum Gasteiger partial charge on any atom is -0.397 e. The van der Waals surface area contributed by atoms with Crippen molar-refractivity contribution in [3.63, 3.8) is 0 Å². The van der Waals surface area contributed by atoms with Crippen LogP contribution in [-0.4, -0.2) is 50.7 Å². The highest BCUT2D eigenvalue weighted by Crippen LogP contribution is 2.26. The topological polar surface area (TPSA) is 95.7 Å². The van der Waals surface area contributed by atoms with Crippen LogP contribution in [0.5, 0.6) is 0 Å². The summed E-state index contributed by atoms with van der Waals surface area (Å²) in [4.78, 5) is -0.120. The maximum atomic E-state index is 12.2. The summed E-state index contributed by atoms with van der Waals surface area (Å²) in [5, 5.41) is 11.2. The average Bonchev–Trinajstić information content (AvgIpc) is 2.35. The summed E-state index contributed by atoms with van der Waals surface area (Å²) in [6.45, 7) is -0.834. The second-order valence-corrected chi connectivity index (χ2v) is 6.63. The molecule has 1 aromatic rings. The van der Waals surface area contributed by atoms with Crippen molar-refractivity contribution >= 4 is 21.4 Å². The number of nitrogens with one attached hydrogen (secondary N) is 1. The largest absolute Gasteiger partial charge is 0.416 e. The van der Waals surface area contributed by atoms with Gasteiger partial charge in [0.05, 0.1) is 16.3 Å². The van der Waals surface area contributed by atoms with E-state index in [0.29, 0.717) is 0 Å². The third-order valence-corrected chi connectivity index (χ3v) is 4.48. The van der Waals surface area contributed by atoms with Crippen molar-refractivity contribution in [1.29, 1.82) is 0 Å². The number of nitrogens with zero attached hydrogens (tertiary/aromatic N) is 1. The molecule has 0 saturated carbocycles. The molecule has 0 aromatic heterocycles. The van der Waals surface area contributed by atoms with Gasteiger partial charge in [-0.25, -0.2) is 12.7 Å². The summed E-state index contributed by atoms with van der Waals surface area (Å²) < 4.78 is 61.4. The van der Waals surface area contributed by atoms with E-state index in [1.54, 1.807) is 0 Å². The van der Waals surface area contributed by atoms with Crippen molar-refractivity contribution in [3.05, 3.63) is 18.2 Å². The first kappa shape index (κ1) is 17.5. The summed E-state index contributed by atoms with van der Waals surface area (Å²) in [5.41, 5.74) is 5.64. The number of halogens is 3. The Kier molecular flexibility index (Phi) is 5.07. The Balaban J connectivity index is 3.00. The van der Waals surface area contributed by atoms with Crippen LogP contribution < -0.4 is 11.1 Å². The maximum Gasteiger partial charge on any atom is 0.416 e. The lowest BCUT2D eigenvalue weighted by Gasteiger charge is -2.18. The van der Waals surface area contributed by atoms with E-state index in [1.165, 1.54) is 26.2 Å². The van der Waals surface area contributed by atoms with Gasteiger partial charge in [0.2, 0.25) is 10.0 Å². The molecule has 1 unspecified atom stereocenters. The van der Waals surface area contributed by atoms with Gasteiger partial charge in [0.25, 0.3) is 0 Å². The van der Waals surface area contributed by atoms with Gasteiger partial charge in [0, 0.05) is 20.6 Å². The molecule has 0 bridgehead atoms. The molecule has 1 aromatic carbocycles. The Morgan fingerprint density at radius 3 is 2.43 bits per heavy atom. The van der Waals surface area contributed by atoms with Crippen molar-refractivity contribution in [2.75, 3.05) is 31.7 Å². The second kappa shape index (κ2) is 6.08. The summed E-state index contributed by atoms with van der Waals surface area (Å²) in [7, 11) is -1.08. The van der Waals surface area contributed by atoms with Crippen LogP contribution in [0.2, 0.25) is 0 Å². The van der Waals surface area contributed by atoms with Crippen LogP contribution >= 0.6 is 0 Å². The van der Waals surface area contributed by atoms with Crippen molar-refractivity contribution in [1.82, 2.24) is 4.31 Å². The molecule has 0 radical (unpaired) electrons. The molecule has 21 heavy (non-hydrogen) atoms. The smallest absolute Gasteiger partial charge is 0.397 e.